The smallest absolute Gasteiger partial charge is 0.160 e. The fourth-order valence-corrected chi connectivity index (χ4v) is 1.43. The van der Waals surface area contributed by atoms with Crippen LogP contribution in [-0.2, 0) is 9.47 Å². The molecule has 0 aromatic carbocycles. The highest BCUT2D eigenvalue weighted by Gasteiger charge is 2.34. The third-order valence-electron chi connectivity index (χ3n) is 2.29. The highest BCUT2D eigenvalue weighted by atomic mass is 16.7. The normalized spacial score (nSPS) is 39.0. The second kappa shape index (κ2) is 5.07. The van der Waals surface area contributed by atoms with Gasteiger partial charge in [-0.2, -0.15) is 0 Å². The predicted octanol–water partition coefficient (Wildman–Crippen LogP) is 0.516. The van der Waals surface area contributed by atoms with Crippen LogP contribution < -0.4 is 0 Å². The van der Waals surface area contributed by atoms with E-state index in [-0.39, 0.29) is 12.4 Å². The lowest BCUT2D eigenvalue weighted by atomic mass is 10.0. The summed E-state index contributed by atoms with van der Waals surface area (Å²) < 4.78 is 10.8. The number of aliphatic hydroxyl groups excluding tert-OH is 2. The molecule has 1 heterocycles. The van der Waals surface area contributed by atoms with Gasteiger partial charge in [0.1, 0.15) is 6.10 Å². The average Bonchev–Trinajstić information content (AvgIpc) is 2.10. The van der Waals surface area contributed by atoms with E-state index < -0.39 is 12.2 Å². The Bertz CT molecular complexity index is 160. The minimum absolute atomic E-state index is 0.345. The Morgan fingerprint density at radius 3 is 2.57 bits per heavy atom. The number of ether oxygens (including phenoxy) is 2. The third-order valence-corrected chi connectivity index (χ3v) is 2.29. The molecule has 4 heteroatoms. The second-order valence-electron chi connectivity index (χ2n) is 4.29. The van der Waals surface area contributed by atoms with Crippen molar-refractivity contribution in [2.45, 2.75) is 51.8 Å². The van der Waals surface area contributed by atoms with Crippen molar-refractivity contribution < 1.29 is 19.7 Å². The van der Waals surface area contributed by atoms with Crippen LogP contribution in [0, 0.1) is 5.92 Å². The molecule has 0 aromatic heterocycles. The van der Waals surface area contributed by atoms with Crippen LogP contribution in [0.15, 0.2) is 0 Å². The van der Waals surface area contributed by atoms with Crippen LogP contribution in [0.2, 0.25) is 0 Å². The molecule has 0 amide bonds. The molecule has 4 nitrogen and oxygen atoms in total. The van der Waals surface area contributed by atoms with E-state index in [2.05, 4.69) is 13.8 Å². The predicted molar refractivity (Wildman–Crippen MR) is 51.8 cm³/mol. The SMILES string of the molecule is CC(C)CO[C@@H]1C[C@H](O)[C@@H](O)[C@@H](C)O1. The zero-order valence-corrected chi connectivity index (χ0v) is 9.01. The van der Waals surface area contributed by atoms with Crippen LogP contribution in [0.4, 0.5) is 0 Å². The molecule has 0 aromatic rings. The van der Waals surface area contributed by atoms with E-state index in [4.69, 9.17) is 9.47 Å². The van der Waals surface area contributed by atoms with Gasteiger partial charge in [-0.25, -0.2) is 0 Å². The number of rotatable bonds is 3. The molecule has 0 unspecified atom stereocenters. The highest BCUT2D eigenvalue weighted by Crippen LogP contribution is 2.21. The van der Waals surface area contributed by atoms with Crippen molar-refractivity contribution in [3.05, 3.63) is 0 Å². The molecule has 14 heavy (non-hydrogen) atoms. The Morgan fingerprint density at radius 1 is 1.43 bits per heavy atom. The molecular formula is C10H20O4. The summed E-state index contributed by atoms with van der Waals surface area (Å²) in [6, 6.07) is 0. The van der Waals surface area contributed by atoms with Gasteiger partial charge in [0.05, 0.1) is 18.8 Å². The van der Waals surface area contributed by atoms with Gasteiger partial charge in [0.2, 0.25) is 0 Å². The number of hydrogen-bond donors (Lipinski definition) is 2. The fraction of sp³-hybridized carbons (Fsp3) is 1.00. The molecule has 0 saturated carbocycles. The zero-order chi connectivity index (χ0) is 10.7. The molecule has 0 bridgehead atoms. The van der Waals surface area contributed by atoms with Crippen molar-refractivity contribution in [3.8, 4) is 0 Å². The van der Waals surface area contributed by atoms with Gasteiger partial charge in [0, 0.05) is 6.42 Å². The average molecular weight is 204 g/mol. The van der Waals surface area contributed by atoms with Gasteiger partial charge in [0.15, 0.2) is 6.29 Å². The summed E-state index contributed by atoms with van der Waals surface area (Å²) in [5, 5.41) is 18.9. The Labute approximate surface area is 84.8 Å². The van der Waals surface area contributed by atoms with Crippen LogP contribution in [0.1, 0.15) is 27.2 Å². The Morgan fingerprint density at radius 2 is 2.07 bits per heavy atom. The monoisotopic (exact) mass is 204 g/mol. The largest absolute Gasteiger partial charge is 0.390 e. The highest BCUT2D eigenvalue weighted by molar-refractivity contribution is 4.79. The molecule has 1 fully saturated rings. The molecule has 1 saturated heterocycles. The topological polar surface area (TPSA) is 58.9 Å². The van der Waals surface area contributed by atoms with Gasteiger partial charge in [0.25, 0.3) is 0 Å². The summed E-state index contributed by atoms with van der Waals surface area (Å²) in [7, 11) is 0. The number of hydrogen-bond acceptors (Lipinski definition) is 4. The van der Waals surface area contributed by atoms with Crippen molar-refractivity contribution in [1.29, 1.82) is 0 Å². The van der Waals surface area contributed by atoms with E-state index in [1.807, 2.05) is 0 Å². The van der Waals surface area contributed by atoms with E-state index in [9.17, 15) is 10.2 Å². The van der Waals surface area contributed by atoms with Gasteiger partial charge in [-0.1, -0.05) is 13.8 Å². The van der Waals surface area contributed by atoms with Crippen LogP contribution in [0.3, 0.4) is 0 Å². The standard InChI is InChI=1S/C10H20O4/c1-6(2)5-13-9-4-8(11)10(12)7(3)14-9/h6-12H,4-5H2,1-3H3/t7-,8+,9+,10+/m1/s1. The van der Waals surface area contributed by atoms with E-state index in [1.165, 1.54) is 0 Å². The van der Waals surface area contributed by atoms with E-state index in [0.717, 1.165) is 0 Å². The van der Waals surface area contributed by atoms with Crippen molar-refractivity contribution in [1.82, 2.24) is 0 Å². The quantitative estimate of drug-likeness (QED) is 0.703. The molecular weight excluding hydrogens is 184 g/mol. The van der Waals surface area contributed by atoms with Crippen LogP contribution in [0.25, 0.3) is 0 Å². The molecule has 1 aliphatic heterocycles. The van der Waals surface area contributed by atoms with Gasteiger partial charge in [-0.3, -0.25) is 0 Å². The lowest BCUT2D eigenvalue weighted by molar-refractivity contribution is -0.248. The van der Waals surface area contributed by atoms with Crippen molar-refractivity contribution in [2.24, 2.45) is 5.92 Å². The van der Waals surface area contributed by atoms with Crippen molar-refractivity contribution >= 4 is 0 Å². The van der Waals surface area contributed by atoms with E-state index in [1.54, 1.807) is 6.92 Å². The van der Waals surface area contributed by atoms with Gasteiger partial charge >= 0.3 is 0 Å². The summed E-state index contributed by atoms with van der Waals surface area (Å²) in [6.07, 6.45) is -1.94. The first-order chi connectivity index (χ1) is 6.50. The second-order valence-corrected chi connectivity index (χ2v) is 4.29. The molecule has 0 radical (unpaired) electrons. The summed E-state index contributed by atoms with van der Waals surface area (Å²) in [5.74, 6) is 0.442. The first-order valence-corrected chi connectivity index (χ1v) is 5.14. The fourth-order valence-electron chi connectivity index (χ4n) is 1.43. The molecule has 84 valence electrons. The van der Waals surface area contributed by atoms with E-state index in [0.29, 0.717) is 18.9 Å². The summed E-state index contributed by atoms with van der Waals surface area (Å²) in [5.41, 5.74) is 0. The molecule has 1 rings (SSSR count). The Balaban J connectivity index is 2.34. The van der Waals surface area contributed by atoms with Crippen LogP contribution >= 0.6 is 0 Å². The zero-order valence-electron chi connectivity index (χ0n) is 9.01. The summed E-state index contributed by atoms with van der Waals surface area (Å²) in [6.45, 7) is 6.45. The maximum atomic E-state index is 9.47. The first-order valence-electron chi connectivity index (χ1n) is 5.14. The van der Waals surface area contributed by atoms with Gasteiger partial charge in [-0.15, -0.1) is 0 Å². The van der Waals surface area contributed by atoms with Crippen molar-refractivity contribution in [3.63, 3.8) is 0 Å². The molecule has 2 N–H and O–H groups in total. The lowest BCUT2D eigenvalue weighted by Crippen LogP contribution is -2.47. The number of aliphatic hydroxyl groups is 2. The third kappa shape index (κ3) is 3.20. The van der Waals surface area contributed by atoms with Gasteiger partial charge in [-0.05, 0) is 12.8 Å². The molecule has 1 aliphatic rings. The Hall–Kier alpha value is -0.160. The first kappa shape index (κ1) is 11.9. The van der Waals surface area contributed by atoms with Crippen LogP contribution in [0.5, 0.6) is 0 Å². The van der Waals surface area contributed by atoms with E-state index >= 15 is 0 Å². The lowest BCUT2D eigenvalue weighted by Gasteiger charge is -2.35. The minimum Gasteiger partial charge on any atom is -0.390 e. The summed E-state index contributed by atoms with van der Waals surface area (Å²) in [4.78, 5) is 0. The van der Waals surface area contributed by atoms with Gasteiger partial charge < -0.3 is 19.7 Å². The summed E-state index contributed by atoms with van der Waals surface area (Å²) >= 11 is 0. The molecule has 0 aliphatic carbocycles. The molecule has 4 atom stereocenters. The van der Waals surface area contributed by atoms with Crippen LogP contribution in [-0.4, -0.2) is 41.4 Å². The van der Waals surface area contributed by atoms with Crippen molar-refractivity contribution in [2.75, 3.05) is 6.61 Å². The maximum absolute atomic E-state index is 9.47. The maximum Gasteiger partial charge on any atom is 0.160 e. The Kier molecular flexibility index (Phi) is 4.31. The molecule has 0 spiro atoms. The minimum atomic E-state index is -0.797.